The second-order valence-corrected chi connectivity index (χ2v) is 3.60. The predicted octanol–water partition coefficient (Wildman–Crippen LogP) is 1.90. The lowest BCUT2D eigenvalue weighted by atomic mass is 10.1. The number of methoxy groups -OCH3 is 1. The zero-order valence-electron chi connectivity index (χ0n) is 8.22. The van der Waals surface area contributed by atoms with Crippen LogP contribution in [0.25, 0.3) is 0 Å². The molecule has 1 fully saturated rings. The predicted molar refractivity (Wildman–Crippen MR) is 51.4 cm³/mol. The molecule has 0 unspecified atom stereocenters. The quantitative estimate of drug-likeness (QED) is 0.643. The first-order valence-electron chi connectivity index (χ1n) is 5.15. The Morgan fingerprint density at radius 3 is 2.17 bits per heavy atom. The van der Waals surface area contributed by atoms with Gasteiger partial charge < -0.3 is 9.64 Å². The molecule has 2 nitrogen and oxygen atoms in total. The van der Waals surface area contributed by atoms with Gasteiger partial charge in [0, 0.05) is 13.7 Å². The van der Waals surface area contributed by atoms with Crippen molar-refractivity contribution in [3.8, 4) is 0 Å². The lowest BCUT2D eigenvalue weighted by Gasteiger charge is -2.23. The van der Waals surface area contributed by atoms with E-state index in [1.165, 1.54) is 45.2 Å². The Labute approximate surface area is 75.9 Å². The van der Waals surface area contributed by atoms with Crippen molar-refractivity contribution in [1.29, 1.82) is 0 Å². The Kier molecular flexibility index (Phi) is 5.37. The summed E-state index contributed by atoms with van der Waals surface area (Å²) < 4.78 is 5.07. The summed E-state index contributed by atoms with van der Waals surface area (Å²) in [7, 11) is 1.78. The topological polar surface area (TPSA) is 12.5 Å². The number of ether oxygens (including phenoxy) is 1. The van der Waals surface area contributed by atoms with Crippen LogP contribution >= 0.6 is 0 Å². The Morgan fingerprint density at radius 2 is 1.58 bits per heavy atom. The minimum Gasteiger partial charge on any atom is -0.383 e. The normalized spacial score (nSPS) is 21.8. The average molecular weight is 171 g/mol. The largest absolute Gasteiger partial charge is 0.383 e. The van der Waals surface area contributed by atoms with Crippen LogP contribution in [0.4, 0.5) is 0 Å². The van der Waals surface area contributed by atoms with E-state index in [1.807, 2.05) is 0 Å². The van der Waals surface area contributed by atoms with Crippen molar-refractivity contribution in [2.24, 2.45) is 0 Å². The van der Waals surface area contributed by atoms with Crippen molar-refractivity contribution >= 4 is 0 Å². The molecule has 1 heterocycles. The summed E-state index contributed by atoms with van der Waals surface area (Å²) in [5, 5.41) is 0. The third-order valence-corrected chi connectivity index (χ3v) is 2.56. The Hall–Kier alpha value is -0.0800. The van der Waals surface area contributed by atoms with Crippen LogP contribution in [0.1, 0.15) is 32.1 Å². The maximum absolute atomic E-state index is 5.07. The van der Waals surface area contributed by atoms with E-state index >= 15 is 0 Å². The molecule has 0 aromatic rings. The van der Waals surface area contributed by atoms with Crippen LogP contribution < -0.4 is 0 Å². The summed E-state index contributed by atoms with van der Waals surface area (Å²) in [6, 6.07) is 0. The van der Waals surface area contributed by atoms with Gasteiger partial charge >= 0.3 is 0 Å². The zero-order valence-corrected chi connectivity index (χ0v) is 8.22. The van der Waals surface area contributed by atoms with Crippen LogP contribution in [0.5, 0.6) is 0 Å². The Bertz CT molecular complexity index is 95.3. The number of hydrogen-bond acceptors (Lipinski definition) is 2. The van der Waals surface area contributed by atoms with Crippen LogP contribution in [0.15, 0.2) is 0 Å². The van der Waals surface area contributed by atoms with Crippen molar-refractivity contribution in [2.75, 3.05) is 33.4 Å². The molecule has 0 amide bonds. The van der Waals surface area contributed by atoms with Gasteiger partial charge in [-0.25, -0.2) is 0 Å². The molecule has 0 aromatic heterocycles. The van der Waals surface area contributed by atoms with Crippen molar-refractivity contribution in [3.05, 3.63) is 0 Å². The van der Waals surface area contributed by atoms with E-state index in [1.54, 1.807) is 7.11 Å². The highest BCUT2D eigenvalue weighted by Gasteiger charge is 2.06. The highest BCUT2D eigenvalue weighted by molar-refractivity contribution is 4.61. The Balaban J connectivity index is 2.11. The van der Waals surface area contributed by atoms with Gasteiger partial charge in [-0.15, -0.1) is 0 Å². The molecule has 0 radical (unpaired) electrons. The molecule has 12 heavy (non-hydrogen) atoms. The molecule has 0 bridgehead atoms. The molecule has 0 aliphatic carbocycles. The average Bonchev–Trinajstić information content (AvgIpc) is 2.02. The van der Waals surface area contributed by atoms with E-state index in [0.717, 1.165) is 13.2 Å². The highest BCUT2D eigenvalue weighted by atomic mass is 16.5. The van der Waals surface area contributed by atoms with Crippen molar-refractivity contribution in [2.45, 2.75) is 32.1 Å². The molecule has 0 atom stereocenters. The molecule has 1 rings (SSSR count). The van der Waals surface area contributed by atoms with Gasteiger partial charge in [0.25, 0.3) is 0 Å². The molecule has 2 heteroatoms. The van der Waals surface area contributed by atoms with Crippen LogP contribution in [0, 0.1) is 0 Å². The molecule has 1 saturated heterocycles. The second kappa shape index (κ2) is 6.44. The fourth-order valence-corrected chi connectivity index (χ4v) is 1.76. The summed E-state index contributed by atoms with van der Waals surface area (Å²) in [5.41, 5.74) is 0. The molecular weight excluding hydrogens is 150 g/mol. The maximum atomic E-state index is 5.07. The summed E-state index contributed by atoms with van der Waals surface area (Å²) in [4.78, 5) is 2.53. The van der Waals surface area contributed by atoms with E-state index in [9.17, 15) is 0 Å². The van der Waals surface area contributed by atoms with Gasteiger partial charge in [-0.05, 0) is 25.9 Å². The van der Waals surface area contributed by atoms with E-state index in [-0.39, 0.29) is 0 Å². The lowest BCUT2D eigenvalue weighted by Crippen LogP contribution is -2.30. The van der Waals surface area contributed by atoms with Crippen molar-refractivity contribution in [1.82, 2.24) is 4.90 Å². The molecule has 0 N–H and O–H groups in total. The van der Waals surface area contributed by atoms with Crippen LogP contribution in [-0.2, 0) is 4.74 Å². The van der Waals surface area contributed by atoms with Gasteiger partial charge in [0.05, 0.1) is 6.61 Å². The third kappa shape index (κ3) is 4.07. The number of likely N-dealkylation sites (tertiary alicyclic amines) is 1. The Morgan fingerprint density at radius 1 is 1.00 bits per heavy atom. The van der Waals surface area contributed by atoms with E-state index in [4.69, 9.17) is 4.74 Å². The van der Waals surface area contributed by atoms with Gasteiger partial charge in [0.15, 0.2) is 0 Å². The molecule has 72 valence electrons. The van der Waals surface area contributed by atoms with Crippen molar-refractivity contribution in [3.63, 3.8) is 0 Å². The highest BCUT2D eigenvalue weighted by Crippen LogP contribution is 2.09. The van der Waals surface area contributed by atoms with Gasteiger partial charge in [-0.2, -0.15) is 0 Å². The molecule has 1 aliphatic rings. The SMILES string of the molecule is COCCN1CCCCCCC1. The first-order chi connectivity index (χ1) is 5.93. The van der Waals surface area contributed by atoms with Gasteiger partial charge in [0.1, 0.15) is 0 Å². The maximum Gasteiger partial charge on any atom is 0.0589 e. The lowest BCUT2D eigenvalue weighted by molar-refractivity contribution is 0.142. The summed E-state index contributed by atoms with van der Waals surface area (Å²) in [5.74, 6) is 0. The zero-order chi connectivity index (χ0) is 8.65. The van der Waals surface area contributed by atoms with Gasteiger partial charge in [0.2, 0.25) is 0 Å². The fraction of sp³-hybridized carbons (Fsp3) is 1.00. The molecular formula is C10H21NO. The van der Waals surface area contributed by atoms with Crippen LogP contribution in [0.2, 0.25) is 0 Å². The smallest absolute Gasteiger partial charge is 0.0589 e. The van der Waals surface area contributed by atoms with Crippen LogP contribution in [0.3, 0.4) is 0 Å². The minimum atomic E-state index is 0.889. The van der Waals surface area contributed by atoms with E-state index in [2.05, 4.69) is 4.90 Å². The van der Waals surface area contributed by atoms with E-state index in [0.29, 0.717) is 0 Å². The number of rotatable bonds is 3. The molecule has 1 aliphatic heterocycles. The van der Waals surface area contributed by atoms with Crippen LogP contribution in [-0.4, -0.2) is 38.3 Å². The second-order valence-electron chi connectivity index (χ2n) is 3.60. The number of nitrogens with zero attached hydrogens (tertiary/aromatic N) is 1. The summed E-state index contributed by atoms with van der Waals surface area (Å²) in [6.07, 6.45) is 7.04. The third-order valence-electron chi connectivity index (χ3n) is 2.56. The molecule has 0 saturated carbocycles. The minimum absolute atomic E-state index is 0.889. The summed E-state index contributed by atoms with van der Waals surface area (Å²) in [6.45, 7) is 4.57. The standard InChI is InChI=1S/C10H21NO/c1-12-10-9-11-7-5-3-2-4-6-8-11/h2-10H2,1H3. The molecule has 0 spiro atoms. The van der Waals surface area contributed by atoms with Gasteiger partial charge in [-0.1, -0.05) is 19.3 Å². The fourth-order valence-electron chi connectivity index (χ4n) is 1.76. The monoisotopic (exact) mass is 171 g/mol. The van der Waals surface area contributed by atoms with E-state index < -0.39 is 0 Å². The molecule has 0 aromatic carbocycles. The first-order valence-corrected chi connectivity index (χ1v) is 5.15. The first kappa shape index (κ1) is 10.0. The summed E-state index contributed by atoms with van der Waals surface area (Å²) >= 11 is 0. The van der Waals surface area contributed by atoms with Gasteiger partial charge in [-0.3, -0.25) is 0 Å². The van der Waals surface area contributed by atoms with Crippen molar-refractivity contribution < 1.29 is 4.74 Å². The number of hydrogen-bond donors (Lipinski definition) is 0.